The lowest BCUT2D eigenvalue weighted by Crippen LogP contribution is -2.16. The van der Waals surface area contributed by atoms with Gasteiger partial charge in [0.05, 0.1) is 27.8 Å². The number of benzene rings is 3. The van der Waals surface area contributed by atoms with Crippen molar-refractivity contribution < 1.29 is 19.0 Å². The fraction of sp³-hybridized carbons (Fsp3) is 0.208. The molecular formula is C24H25NO4. The van der Waals surface area contributed by atoms with Gasteiger partial charge in [-0.05, 0) is 41.3 Å². The number of carbonyl (C=O) groups excluding carboxylic acids is 1. The Hall–Kier alpha value is -3.47. The van der Waals surface area contributed by atoms with Gasteiger partial charge in [-0.25, -0.2) is 0 Å². The predicted molar refractivity (Wildman–Crippen MR) is 114 cm³/mol. The molecule has 0 heterocycles. The SMILES string of the molecule is COc1cc(CC(=O)Nc2ccccc2Cc2ccccc2)cc(OC)c1OC. The molecule has 0 fully saturated rings. The lowest BCUT2D eigenvalue weighted by Gasteiger charge is -2.15. The molecule has 0 aliphatic rings. The van der Waals surface area contributed by atoms with Crippen LogP contribution >= 0.6 is 0 Å². The van der Waals surface area contributed by atoms with E-state index in [0.717, 1.165) is 23.2 Å². The minimum absolute atomic E-state index is 0.111. The smallest absolute Gasteiger partial charge is 0.228 e. The van der Waals surface area contributed by atoms with E-state index in [0.29, 0.717) is 17.2 Å². The van der Waals surface area contributed by atoms with Gasteiger partial charge in [0.2, 0.25) is 11.7 Å². The monoisotopic (exact) mass is 391 g/mol. The Morgan fingerprint density at radius 1 is 0.793 bits per heavy atom. The first-order valence-electron chi connectivity index (χ1n) is 9.35. The van der Waals surface area contributed by atoms with Gasteiger partial charge in [0, 0.05) is 5.69 Å². The third-order valence-corrected chi connectivity index (χ3v) is 4.62. The van der Waals surface area contributed by atoms with Crippen LogP contribution < -0.4 is 19.5 Å². The number of hydrogen-bond acceptors (Lipinski definition) is 4. The Morgan fingerprint density at radius 3 is 2.03 bits per heavy atom. The second kappa shape index (κ2) is 9.64. The van der Waals surface area contributed by atoms with Crippen molar-refractivity contribution in [2.45, 2.75) is 12.8 Å². The topological polar surface area (TPSA) is 56.8 Å². The van der Waals surface area contributed by atoms with Gasteiger partial charge >= 0.3 is 0 Å². The normalized spacial score (nSPS) is 10.3. The summed E-state index contributed by atoms with van der Waals surface area (Å²) in [6.45, 7) is 0. The van der Waals surface area contributed by atoms with Crippen LogP contribution in [0.15, 0.2) is 66.7 Å². The van der Waals surface area contributed by atoms with E-state index in [1.807, 2.05) is 42.5 Å². The van der Waals surface area contributed by atoms with Crippen molar-refractivity contribution in [2.75, 3.05) is 26.6 Å². The zero-order valence-corrected chi connectivity index (χ0v) is 16.9. The molecule has 0 aliphatic heterocycles. The van der Waals surface area contributed by atoms with Gasteiger partial charge in [-0.2, -0.15) is 0 Å². The number of para-hydroxylation sites is 1. The van der Waals surface area contributed by atoms with E-state index in [2.05, 4.69) is 17.4 Å². The minimum atomic E-state index is -0.111. The summed E-state index contributed by atoms with van der Waals surface area (Å²) in [5, 5.41) is 3.03. The van der Waals surface area contributed by atoms with Crippen molar-refractivity contribution >= 4 is 11.6 Å². The number of amides is 1. The highest BCUT2D eigenvalue weighted by Gasteiger charge is 2.15. The Morgan fingerprint density at radius 2 is 1.41 bits per heavy atom. The summed E-state index contributed by atoms with van der Waals surface area (Å²) in [6.07, 6.45) is 0.942. The molecule has 0 radical (unpaired) electrons. The number of carbonyl (C=O) groups is 1. The van der Waals surface area contributed by atoms with Crippen LogP contribution in [0.4, 0.5) is 5.69 Å². The molecule has 29 heavy (non-hydrogen) atoms. The molecule has 0 aromatic heterocycles. The molecule has 0 saturated heterocycles. The van der Waals surface area contributed by atoms with Crippen LogP contribution in [0, 0.1) is 0 Å². The van der Waals surface area contributed by atoms with Crippen LogP contribution in [-0.2, 0) is 17.6 Å². The fourth-order valence-corrected chi connectivity index (χ4v) is 3.23. The quantitative estimate of drug-likeness (QED) is 0.615. The Kier molecular flexibility index (Phi) is 6.74. The highest BCUT2D eigenvalue weighted by Crippen LogP contribution is 2.38. The maximum Gasteiger partial charge on any atom is 0.228 e. The number of methoxy groups -OCH3 is 3. The van der Waals surface area contributed by atoms with E-state index < -0.39 is 0 Å². The zero-order valence-electron chi connectivity index (χ0n) is 16.9. The molecule has 5 nitrogen and oxygen atoms in total. The molecule has 3 aromatic rings. The van der Waals surface area contributed by atoms with E-state index in [-0.39, 0.29) is 12.3 Å². The molecule has 150 valence electrons. The Labute approximate surface area is 171 Å². The first kappa shape index (κ1) is 20.3. The van der Waals surface area contributed by atoms with E-state index in [1.54, 1.807) is 33.5 Å². The number of hydrogen-bond donors (Lipinski definition) is 1. The van der Waals surface area contributed by atoms with Crippen molar-refractivity contribution in [3.63, 3.8) is 0 Å². The van der Waals surface area contributed by atoms with E-state index in [4.69, 9.17) is 14.2 Å². The van der Waals surface area contributed by atoms with Gasteiger partial charge in [0.1, 0.15) is 0 Å². The van der Waals surface area contributed by atoms with Crippen LogP contribution in [0.2, 0.25) is 0 Å². The third kappa shape index (κ3) is 5.08. The van der Waals surface area contributed by atoms with Crippen LogP contribution in [0.3, 0.4) is 0 Å². The van der Waals surface area contributed by atoms with E-state index in [1.165, 1.54) is 5.56 Å². The summed E-state index contributed by atoms with van der Waals surface area (Å²) in [5.41, 5.74) is 3.85. The number of anilines is 1. The maximum absolute atomic E-state index is 12.7. The molecule has 5 heteroatoms. The van der Waals surface area contributed by atoms with Crippen LogP contribution in [0.5, 0.6) is 17.2 Å². The highest BCUT2D eigenvalue weighted by atomic mass is 16.5. The number of ether oxygens (including phenoxy) is 3. The zero-order chi connectivity index (χ0) is 20.6. The van der Waals surface area contributed by atoms with Crippen LogP contribution in [0.25, 0.3) is 0 Å². The molecule has 0 atom stereocenters. The molecule has 3 aromatic carbocycles. The standard InChI is InChI=1S/C24H25NO4/c1-27-21-14-18(15-22(28-2)24(21)29-3)16-23(26)25-20-12-8-7-11-19(20)13-17-9-5-4-6-10-17/h4-12,14-15H,13,16H2,1-3H3,(H,25,26). The molecule has 3 rings (SSSR count). The molecular weight excluding hydrogens is 366 g/mol. The molecule has 0 aliphatic carbocycles. The summed E-state index contributed by atoms with van der Waals surface area (Å²) in [7, 11) is 4.67. The molecule has 0 saturated carbocycles. The molecule has 0 bridgehead atoms. The van der Waals surface area contributed by atoms with Gasteiger partial charge in [-0.15, -0.1) is 0 Å². The Balaban J connectivity index is 1.76. The average molecular weight is 391 g/mol. The summed E-state index contributed by atoms with van der Waals surface area (Å²) in [4.78, 5) is 12.7. The summed E-state index contributed by atoms with van der Waals surface area (Å²) in [6, 6.07) is 21.6. The maximum atomic E-state index is 12.7. The lowest BCUT2D eigenvalue weighted by atomic mass is 10.0. The van der Waals surface area contributed by atoms with Gasteiger partial charge in [0.15, 0.2) is 11.5 Å². The molecule has 1 N–H and O–H groups in total. The second-order valence-electron chi connectivity index (χ2n) is 6.58. The van der Waals surface area contributed by atoms with Crippen molar-refractivity contribution in [1.82, 2.24) is 0 Å². The van der Waals surface area contributed by atoms with Crippen molar-refractivity contribution in [3.05, 3.63) is 83.4 Å². The summed E-state index contributed by atoms with van der Waals surface area (Å²) >= 11 is 0. The van der Waals surface area contributed by atoms with E-state index >= 15 is 0 Å². The van der Waals surface area contributed by atoms with Crippen molar-refractivity contribution in [2.24, 2.45) is 0 Å². The average Bonchev–Trinajstić information content (AvgIpc) is 2.75. The van der Waals surface area contributed by atoms with Gasteiger partial charge in [-0.1, -0.05) is 48.5 Å². The number of nitrogens with one attached hydrogen (secondary N) is 1. The first-order chi connectivity index (χ1) is 14.1. The summed E-state index contributed by atoms with van der Waals surface area (Å²) < 4.78 is 16.1. The first-order valence-corrected chi connectivity index (χ1v) is 9.35. The van der Waals surface area contributed by atoms with Crippen LogP contribution in [0.1, 0.15) is 16.7 Å². The lowest BCUT2D eigenvalue weighted by molar-refractivity contribution is -0.115. The minimum Gasteiger partial charge on any atom is -0.493 e. The van der Waals surface area contributed by atoms with Gasteiger partial charge in [0.25, 0.3) is 0 Å². The van der Waals surface area contributed by atoms with E-state index in [9.17, 15) is 4.79 Å². The Bertz CT molecular complexity index is 945. The molecule has 0 spiro atoms. The highest BCUT2D eigenvalue weighted by molar-refractivity contribution is 5.93. The largest absolute Gasteiger partial charge is 0.493 e. The van der Waals surface area contributed by atoms with Crippen molar-refractivity contribution in [1.29, 1.82) is 0 Å². The molecule has 0 unspecified atom stereocenters. The fourth-order valence-electron chi connectivity index (χ4n) is 3.23. The van der Waals surface area contributed by atoms with Gasteiger partial charge < -0.3 is 19.5 Å². The summed E-state index contributed by atoms with van der Waals surface area (Å²) in [5.74, 6) is 1.45. The number of rotatable bonds is 8. The third-order valence-electron chi connectivity index (χ3n) is 4.62. The predicted octanol–water partition coefficient (Wildman–Crippen LogP) is 4.48. The molecule has 1 amide bonds. The second-order valence-corrected chi connectivity index (χ2v) is 6.58. The van der Waals surface area contributed by atoms with Crippen LogP contribution in [-0.4, -0.2) is 27.2 Å². The van der Waals surface area contributed by atoms with Gasteiger partial charge in [-0.3, -0.25) is 4.79 Å². The van der Waals surface area contributed by atoms with Crippen molar-refractivity contribution in [3.8, 4) is 17.2 Å².